The third kappa shape index (κ3) is 5.70. The molecular formula is C28H24FN3O6. The van der Waals surface area contributed by atoms with Crippen LogP contribution >= 0.6 is 0 Å². The van der Waals surface area contributed by atoms with E-state index < -0.39 is 23.7 Å². The zero-order valence-electron chi connectivity index (χ0n) is 20.8. The normalized spacial score (nSPS) is 14.4. The lowest BCUT2D eigenvalue weighted by Gasteiger charge is -2.26. The van der Waals surface area contributed by atoms with Crippen LogP contribution in [0.5, 0.6) is 11.5 Å². The molecule has 0 radical (unpaired) electrons. The van der Waals surface area contributed by atoms with Crippen LogP contribution in [0.1, 0.15) is 16.7 Å². The molecule has 1 heterocycles. The Bertz CT molecular complexity index is 1470. The molecule has 1 aliphatic rings. The highest BCUT2D eigenvalue weighted by Crippen LogP contribution is 2.30. The van der Waals surface area contributed by atoms with Crippen molar-refractivity contribution in [3.05, 3.63) is 88.7 Å². The van der Waals surface area contributed by atoms with Crippen LogP contribution in [0.4, 0.5) is 20.6 Å². The van der Waals surface area contributed by atoms with Gasteiger partial charge < -0.3 is 14.8 Å². The van der Waals surface area contributed by atoms with Crippen molar-refractivity contribution in [1.82, 2.24) is 5.32 Å². The van der Waals surface area contributed by atoms with Gasteiger partial charge in [0.25, 0.3) is 17.7 Å². The molecule has 5 amide bonds. The molecule has 1 aliphatic heterocycles. The standard InChI is InChI=1S/C28H24FN3O6/c1-16-4-8-20(12-17(16)2)30-25(33)15-38-23-11-5-18(14-24(23)37-3)13-22-26(34)31-28(36)32(27(22)35)21-9-6-19(29)7-10-21/h4-14H,15H2,1-3H3,(H,30,33)(H,31,34,36)/b22-13+. The molecule has 1 saturated heterocycles. The molecule has 38 heavy (non-hydrogen) atoms. The third-order valence-electron chi connectivity index (χ3n) is 5.83. The highest BCUT2D eigenvalue weighted by atomic mass is 19.1. The van der Waals surface area contributed by atoms with Gasteiger partial charge in [-0.05, 0) is 85.1 Å². The third-order valence-corrected chi connectivity index (χ3v) is 5.83. The van der Waals surface area contributed by atoms with Gasteiger partial charge in [-0.25, -0.2) is 14.1 Å². The molecule has 9 nitrogen and oxygen atoms in total. The molecule has 194 valence electrons. The second kappa shape index (κ2) is 11.0. The summed E-state index contributed by atoms with van der Waals surface area (Å²) in [5.41, 5.74) is 3.01. The topological polar surface area (TPSA) is 114 Å². The number of benzene rings is 3. The predicted molar refractivity (Wildman–Crippen MR) is 138 cm³/mol. The SMILES string of the molecule is COc1cc(/C=C2\C(=O)NC(=O)N(c3ccc(F)cc3)C2=O)ccc1OCC(=O)Nc1ccc(C)c(C)c1. The van der Waals surface area contributed by atoms with E-state index in [0.717, 1.165) is 28.2 Å². The lowest BCUT2D eigenvalue weighted by molar-refractivity contribution is -0.122. The van der Waals surface area contributed by atoms with Crippen molar-refractivity contribution >= 4 is 41.2 Å². The monoisotopic (exact) mass is 517 g/mol. The van der Waals surface area contributed by atoms with Gasteiger partial charge in [-0.3, -0.25) is 19.7 Å². The number of methoxy groups -OCH3 is 1. The first-order valence-corrected chi connectivity index (χ1v) is 11.5. The van der Waals surface area contributed by atoms with E-state index in [1.165, 1.54) is 37.5 Å². The van der Waals surface area contributed by atoms with Gasteiger partial charge in [-0.1, -0.05) is 12.1 Å². The fourth-order valence-electron chi connectivity index (χ4n) is 3.70. The number of hydrogen-bond donors (Lipinski definition) is 2. The van der Waals surface area contributed by atoms with E-state index in [9.17, 15) is 23.6 Å². The molecule has 0 atom stereocenters. The summed E-state index contributed by atoms with van der Waals surface area (Å²) >= 11 is 0. The molecule has 4 rings (SSSR count). The van der Waals surface area contributed by atoms with Crippen LogP contribution in [-0.4, -0.2) is 37.5 Å². The van der Waals surface area contributed by atoms with Crippen LogP contribution in [0, 0.1) is 19.7 Å². The Kier molecular flexibility index (Phi) is 7.52. The van der Waals surface area contributed by atoms with Gasteiger partial charge in [-0.2, -0.15) is 0 Å². The average Bonchev–Trinajstić information content (AvgIpc) is 2.88. The highest BCUT2D eigenvalue weighted by molar-refractivity contribution is 6.39. The molecular weight excluding hydrogens is 493 g/mol. The molecule has 1 fully saturated rings. The molecule has 0 spiro atoms. The Labute approximate surface area is 217 Å². The van der Waals surface area contributed by atoms with Gasteiger partial charge in [0, 0.05) is 5.69 Å². The Morgan fingerprint density at radius 2 is 1.71 bits per heavy atom. The first-order valence-electron chi connectivity index (χ1n) is 11.5. The number of carbonyl (C=O) groups is 4. The van der Waals surface area contributed by atoms with E-state index in [-0.39, 0.29) is 35.3 Å². The smallest absolute Gasteiger partial charge is 0.335 e. The number of rotatable bonds is 7. The van der Waals surface area contributed by atoms with E-state index >= 15 is 0 Å². The maximum Gasteiger partial charge on any atom is 0.335 e. The average molecular weight is 518 g/mol. The molecule has 3 aromatic rings. The molecule has 0 unspecified atom stereocenters. The van der Waals surface area contributed by atoms with Gasteiger partial charge in [0.15, 0.2) is 18.1 Å². The maximum atomic E-state index is 13.3. The molecule has 0 saturated carbocycles. The summed E-state index contributed by atoms with van der Waals surface area (Å²) in [6.07, 6.45) is 1.29. The van der Waals surface area contributed by atoms with Gasteiger partial charge in [-0.15, -0.1) is 0 Å². The van der Waals surface area contributed by atoms with Crippen molar-refractivity contribution < 1.29 is 33.0 Å². The summed E-state index contributed by atoms with van der Waals surface area (Å²) in [6.45, 7) is 3.65. The molecule has 0 bridgehead atoms. The summed E-state index contributed by atoms with van der Waals surface area (Å²) in [4.78, 5) is 50.8. The van der Waals surface area contributed by atoms with Crippen molar-refractivity contribution in [2.75, 3.05) is 23.9 Å². The Morgan fingerprint density at radius 1 is 0.974 bits per heavy atom. The first-order chi connectivity index (χ1) is 18.2. The second-order valence-electron chi connectivity index (χ2n) is 8.48. The quantitative estimate of drug-likeness (QED) is 0.360. The Morgan fingerprint density at radius 3 is 2.39 bits per heavy atom. The van der Waals surface area contributed by atoms with Crippen molar-refractivity contribution in [2.45, 2.75) is 13.8 Å². The van der Waals surface area contributed by atoms with E-state index in [1.54, 1.807) is 12.1 Å². The maximum absolute atomic E-state index is 13.3. The number of barbiturate groups is 1. The van der Waals surface area contributed by atoms with Crippen molar-refractivity contribution in [3.8, 4) is 11.5 Å². The number of halogens is 1. The number of anilines is 2. The van der Waals surface area contributed by atoms with Gasteiger partial charge in [0.2, 0.25) is 0 Å². The number of aryl methyl sites for hydroxylation is 2. The summed E-state index contributed by atoms with van der Waals surface area (Å²) in [6, 6.07) is 14.0. The molecule has 0 aromatic heterocycles. The zero-order valence-corrected chi connectivity index (χ0v) is 20.8. The summed E-state index contributed by atoms with van der Waals surface area (Å²) in [5, 5.41) is 4.88. The molecule has 0 aliphatic carbocycles. The number of imide groups is 2. The van der Waals surface area contributed by atoms with Crippen molar-refractivity contribution in [3.63, 3.8) is 0 Å². The van der Waals surface area contributed by atoms with E-state index in [0.29, 0.717) is 11.3 Å². The summed E-state index contributed by atoms with van der Waals surface area (Å²) in [7, 11) is 1.40. The van der Waals surface area contributed by atoms with E-state index in [4.69, 9.17) is 9.47 Å². The number of hydrogen-bond acceptors (Lipinski definition) is 6. The van der Waals surface area contributed by atoms with Crippen LogP contribution < -0.4 is 25.0 Å². The van der Waals surface area contributed by atoms with Crippen LogP contribution in [0.2, 0.25) is 0 Å². The largest absolute Gasteiger partial charge is 0.493 e. The molecule has 2 N–H and O–H groups in total. The van der Waals surface area contributed by atoms with Gasteiger partial charge in [0.05, 0.1) is 12.8 Å². The van der Waals surface area contributed by atoms with Gasteiger partial charge in [0.1, 0.15) is 11.4 Å². The lowest BCUT2D eigenvalue weighted by Crippen LogP contribution is -2.54. The van der Waals surface area contributed by atoms with Crippen LogP contribution in [0.25, 0.3) is 6.08 Å². The predicted octanol–water partition coefficient (Wildman–Crippen LogP) is 4.14. The number of ether oxygens (including phenoxy) is 2. The van der Waals surface area contributed by atoms with Gasteiger partial charge >= 0.3 is 6.03 Å². The minimum Gasteiger partial charge on any atom is -0.493 e. The van der Waals surface area contributed by atoms with Crippen molar-refractivity contribution in [2.24, 2.45) is 0 Å². The van der Waals surface area contributed by atoms with Crippen LogP contribution in [-0.2, 0) is 14.4 Å². The number of nitrogens with zero attached hydrogens (tertiary/aromatic N) is 1. The fraction of sp³-hybridized carbons (Fsp3) is 0.143. The minimum atomic E-state index is -0.941. The Hall–Kier alpha value is -4.99. The highest BCUT2D eigenvalue weighted by Gasteiger charge is 2.36. The molecule has 10 heteroatoms. The van der Waals surface area contributed by atoms with Crippen LogP contribution in [0.3, 0.4) is 0 Å². The lowest BCUT2D eigenvalue weighted by atomic mass is 10.1. The fourth-order valence-corrected chi connectivity index (χ4v) is 3.70. The zero-order chi connectivity index (χ0) is 27.4. The molecule has 3 aromatic carbocycles. The number of nitrogens with one attached hydrogen (secondary N) is 2. The minimum absolute atomic E-state index is 0.104. The number of urea groups is 1. The number of carbonyl (C=O) groups excluding carboxylic acids is 4. The first kappa shape index (κ1) is 26.1. The Balaban J connectivity index is 1.50. The van der Waals surface area contributed by atoms with Crippen molar-refractivity contribution in [1.29, 1.82) is 0 Å². The number of amides is 5. The summed E-state index contributed by atoms with van der Waals surface area (Å²) < 4.78 is 24.3. The van der Waals surface area contributed by atoms with E-state index in [2.05, 4.69) is 10.6 Å². The second-order valence-corrected chi connectivity index (χ2v) is 8.48. The van der Waals surface area contributed by atoms with E-state index in [1.807, 2.05) is 26.0 Å². The van der Waals surface area contributed by atoms with Crippen LogP contribution in [0.15, 0.2) is 66.2 Å². The summed E-state index contributed by atoms with van der Waals surface area (Å²) in [5.74, 6) is -2.12.